The lowest BCUT2D eigenvalue weighted by Crippen LogP contribution is -2.25. The van der Waals surface area contributed by atoms with Gasteiger partial charge in [0.25, 0.3) is 0 Å². The Kier molecular flexibility index (Phi) is 6.53. The molecule has 0 heterocycles. The molecular formula is C17H22FNO2Si. The second-order valence-electron chi connectivity index (χ2n) is 6.19. The molecule has 5 heteroatoms. The molecule has 1 aromatic rings. The predicted octanol–water partition coefficient (Wildman–Crippen LogP) is 3.11. The van der Waals surface area contributed by atoms with Crippen molar-refractivity contribution in [3.8, 4) is 11.5 Å². The summed E-state index contributed by atoms with van der Waals surface area (Å²) in [4.78, 5) is 12.3. The molecule has 3 nitrogen and oxygen atoms in total. The molecule has 0 aromatic heterocycles. The van der Waals surface area contributed by atoms with Gasteiger partial charge in [-0.15, -0.1) is 5.54 Å². The third kappa shape index (κ3) is 6.70. The van der Waals surface area contributed by atoms with Crippen LogP contribution in [0, 0.1) is 17.3 Å². The van der Waals surface area contributed by atoms with E-state index >= 15 is 0 Å². The second-order valence-corrected chi connectivity index (χ2v) is 10.9. The fourth-order valence-electron chi connectivity index (χ4n) is 1.71. The number of carboxylic acid groups (broad SMARTS) is 1. The molecule has 0 radical (unpaired) electrons. The molecule has 0 spiro atoms. The van der Waals surface area contributed by atoms with Gasteiger partial charge in [0.2, 0.25) is 0 Å². The van der Waals surface area contributed by atoms with Crippen LogP contribution in [0.4, 0.5) is 4.39 Å². The van der Waals surface area contributed by atoms with Crippen LogP contribution in [0.2, 0.25) is 19.6 Å². The summed E-state index contributed by atoms with van der Waals surface area (Å²) in [5.74, 6) is 1.87. The number of hydrogen-bond acceptors (Lipinski definition) is 2. The molecule has 0 bridgehead atoms. The maximum Gasteiger partial charge on any atom is 0.317 e. The Morgan fingerprint density at radius 1 is 1.36 bits per heavy atom. The Balaban J connectivity index is 3.09. The quantitative estimate of drug-likeness (QED) is 0.670. The summed E-state index contributed by atoms with van der Waals surface area (Å²) in [5.41, 5.74) is 4.30. The highest BCUT2D eigenvalue weighted by Crippen LogP contribution is 2.18. The van der Waals surface area contributed by atoms with Crippen LogP contribution in [0.5, 0.6) is 0 Å². The van der Waals surface area contributed by atoms with Crippen molar-refractivity contribution >= 4 is 19.6 Å². The van der Waals surface area contributed by atoms with Crippen molar-refractivity contribution in [2.45, 2.75) is 19.6 Å². The predicted molar refractivity (Wildman–Crippen MR) is 90.6 cm³/mol. The molecule has 118 valence electrons. The number of hydrogen-bond donors (Lipinski definition) is 1. The Morgan fingerprint density at radius 2 is 2.00 bits per heavy atom. The maximum absolute atomic E-state index is 14.0. The maximum atomic E-state index is 14.0. The van der Waals surface area contributed by atoms with Crippen molar-refractivity contribution in [3.05, 3.63) is 41.7 Å². The van der Waals surface area contributed by atoms with E-state index in [0.717, 1.165) is 0 Å². The van der Waals surface area contributed by atoms with Crippen molar-refractivity contribution in [2.75, 3.05) is 20.1 Å². The largest absolute Gasteiger partial charge is 0.480 e. The van der Waals surface area contributed by atoms with Crippen LogP contribution in [-0.2, 0) is 4.79 Å². The second kappa shape index (κ2) is 7.92. The number of aliphatic carboxylic acids is 1. The average molecular weight is 319 g/mol. The van der Waals surface area contributed by atoms with Gasteiger partial charge in [-0.1, -0.05) is 49.8 Å². The Morgan fingerprint density at radius 3 is 2.55 bits per heavy atom. The molecule has 0 amide bonds. The summed E-state index contributed by atoms with van der Waals surface area (Å²) in [5, 5.41) is 8.78. The Hall–Kier alpha value is -1.90. The molecule has 0 atom stereocenters. The molecule has 0 saturated carbocycles. The first kappa shape index (κ1) is 18.1. The molecule has 1 aromatic carbocycles. The minimum Gasteiger partial charge on any atom is -0.480 e. The van der Waals surface area contributed by atoms with Gasteiger partial charge in [-0.3, -0.25) is 9.69 Å². The van der Waals surface area contributed by atoms with Crippen molar-refractivity contribution in [1.29, 1.82) is 0 Å². The van der Waals surface area contributed by atoms with E-state index in [2.05, 4.69) is 31.1 Å². The van der Waals surface area contributed by atoms with Crippen LogP contribution in [0.3, 0.4) is 0 Å². The summed E-state index contributed by atoms with van der Waals surface area (Å²) in [6.07, 6.45) is 1.79. The van der Waals surface area contributed by atoms with Gasteiger partial charge in [-0.25, -0.2) is 4.39 Å². The third-order valence-electron chi connectivity index (χ3n) is 2.75. The van der Waals surface area contributed by atoms with Gasteiger partial charge in [-0.2, -0.15) is 0 Å². The van der Waals surface area contributed by atoms with E-state index in [1.165, 1.54) is 6.07 Å². The Labute approximate surface area is 132 Å². The zero-order valence-corrected chi connectivity index (χ0v) is 14.5. The monoisotopic (exact) mass is 319 g/mol. The fraction of sp³-hybridized carbons (Fsp3) is 0.353. The molecule has 0 aliphatic carbocycles. The number of nitrogens with zero attached hydrogens (tertiary/aromatic N) is 1. The lowest BCUT2D eigenvalue weighted by atomic mass is 10.1. The fourth-order valence-corrected chi connectivity index (χ4v) is 2.22. The summed E-state index contributed by atoms with van der Waals surface area (Å²) < 4.78 is 14.0. The van der Waals surface area contributed by atoms with E-state index in [-0.39, 0.29) is 12.4 Å². The average Bonchev–Trinajstić information content (AvgIpc) is 2.38. The van der Waals surface area contributed by atoms with Crippen LogP contribution in [-0.4, -0.2) is 44.2 Å². The summed E-state index contributed by atoms with van der Waals surface area (Å²) in [6, 6.07) is 6.50. The van der Waals surface area contributed by atoms with Crippen molar-refractivity contribution < 1.29 is 14.3 Å². The molecule has 0 aliphatic rings. The van der Waals surface area contributed by atoms with Crippen LogP contribution in [0.25, 0.3) is 5.57 Å². The summed E-state index contributed by atoms with van der Waals surface area (Å²) in [7, 11) is 0.119. The summed E-state index contributed by atoms with van der Waals surface area (Å²) >= 11 is 0. The van der Waals surface area contributed by atoms with E-state index in [9.17, 15) is 9.18 Å². The number of rotatable bonds is 5. The zero-order valence-electron chi connectivity index (χ0n) is 13.5. The van der Waals surface area contributed by atoms with Crippen LogP contribution >= 0.6 is 0 Å². The van der Waals surface area contributed by atoms with Crippen LogP contribution in [0.15, 0.2) is 30.3 Å². The number of likely N-dealkylation sites (N-methyl/N-ethyl adjacent to an activating group) is 1. The molecule has 0 unspecified atom stereocenters. The lowest BCUT2D eigenvalue weighted by Gasteiger charge is -2.12. The first-order chi connectivity index (χ1) is 10.2. The highest BCUT2D eigenvalue weighted by atomic mass is 28.3. The number of benzene rings is 1. The first-order valence-electron chi connectivity index (χ1n) is 7.07. The number of carbonyl (C=O) groups is 1. The van der Waals surface area contributed by atoms with Gasteiger partial charge >= 0.3 is 5.97 Å². The highest BCUT2D eigenvalue weighted by molar-refractivity contribution is 6.84. The molecule has 1 N–H and O–H groups in total. The molecular weight excluding hydrogens is 297 g/mol. The zero-order chi connectivity index (χ0) is 16.8. The number of allylic oxidation sites excluding steroid dienone is 1. The molecule has 0 saturated heterocycles. The Bertz CT molecular complexity index is 624. The van der Waals surface area contributed by atoms with Gasteiger partial charge in [0, 0.05) is 17.7 Å². The van der Waals surface area contributed by atoms with Crippen molar-refractivity contribution in [2.24, 2.45) is 0 Å². The molecule has 1 rings (SSSR count). The van der Waals surface area contributed by atoms with Crippen LogP contribution < -0.4 is 0 Å². The smallest absolute Gasteiger partial charge is 0.317 e. The van der Waals surface area contributed by atoms with Crippen molar-refractivity contribution in [3.63, 3.8) is 0 Å². The minimum absolute atomic E-state index is 0.0670. The van der Waals surface area contributed by atoms with E-state index in [1.54, 1.807) is 36.2 Å². The van der Waals surface area contributed by atoms with Crippen LogP contribution in [0.1, 0.15) is 5.56 Å². The minimum atomic E-state index is -1.58. The highest BCUT2D eigenvalue weighted by Gasteiger charge is 2.10. The normalized spacial score (nSPS) is 12.0. The van der Waals surface area contributed by atoms with E-state index in [4.69, 9.17) is 5.11 Å². The first-order valence-corrected chi connectivity index (χ1v) is 10.6. The molecule has 0 aliphatic heterocycles. The van der Waals surface area contributed by atoms with Crippen molar-refractivity contribution in [1.82, 2.24) is 4.90 Å². The van der Waals surface area contributed by atoms with Gasteiger partial charge in [0.15, 0.2) is 0 Å². The number of carboxylic acids is 1. The summed E-state index contributed by atoms with van der Waals surface area (Å²) in [6.45, 7) is 6.69. The topological polar surface area (TPSA) is 40.5 Å². The van der Waals surface area contributed by atoms with Gasteiger partial charge in [0.1, 0.15) is 13.9 Å². The molecule has 0 fully saturated rings. The third-order valence-corrected chi connectivity index (χ3v) is 3.62. The van der Waals surface area contributed by atoms with E-state index in [1.807, 2.05) is 0 Å². The SMILES string of the molecule is CN(CC=C(C#C[Si](C)(C)C)c1ccccc1F)CC(=O)O. The molecule has 22 heavy (non-hydrogen) atoms. The number of halogens is 1. The van der Waals surface area contributed by atoms with E-state index < -0.39 is 14.0 Å². The van der Waals surface area contributed by atoms with E-state index in [0.29, 0.717) is 17.7 Å². The standard InChI is InChI=1S/C17H22FNO2Si/c1-19(13-17(20)21)11-9-14(10-12-22(2,3)4)15-7-5-6-8-16(15)18/h5-9H,11,13H2,1-4H3,(H,20,21). The van der Waals surface area contributed by atoms with Gasteiger partial charge in [-0.05, 0) is 13.1 Å². The van der Waals surface area contributed by atoms with Gasteiger partial charge in [0.05, 0.1) is 6.54 Å². The lowest BCUT2D eigenvalue weighted by molar-refractivity contribution is -0.137. The van der Waals surface area contributed by atoms with Gasteiger partial charge < -0.3 is 5.11 Å².